The van der Waals surface area contributed by atoms with Gasteiger partial charge in [-0.05, 0) is 60.4 Å². The van der Waals surface area contributed by atoms with E-state index < -0.39 is 32.9 Å². The van der Waals surface area contributed by atoms with Gasteiger partial charge in [0.1, 0.15) is 11.6 Å². The number of carbonyl (C=O) groups is 1. The minimum Gasteiger partial charge on any atom is -0.481 e. The second kappa shape index (κ2) is 13.1. The van der Waals surface area contributed by atoms with E-state index in [4.69, 9.17) is 14.8 Å². The van der Waals surface area contributed by atoms with E-state index in [0.717, 1.165) is 11.1 Å². The van der Waals surface area contributed by atoms with Gasteiger partial charge in [-0.15, -0.1) is 0 Å². The van der Waals surface area contributed by atoms with E-state index in [-0.39, 0.29) is 53.2 Å². The van der Waals surface area contributed by atoms with Crippen molar-refractivity contribution < 1.29 is 31.8 Å². The molecule has 3 heterocycles. The third kappa shape index (κ3) is 7.25. The van der Waals surface area contributed by atoms with E-state index in [0.29, 0.717) is 48.1 Å². The van der Waals surface area contributed by atoms with Crippen molar-refractivity contribution in [3.8, 4) is 22.9 Å². The quantitative estimate of drug-likeness (QED) is 0.213. The van der Waals surface area contributed by atoms with Crippen LogP contribution in [0.15, 0.2) is 54.9 Å². The Hall–Kier alpha value is -4.65. The predicted molar refractivity (Wildman–Crippen MR) is 177 cm³/mol. The lowest BCUT2D eigenvalue weighted by atomic mass is 9.85. The van der Waals surface area contributed by atoms with Gasteiger partial charge in [-0.25, -0.2) is 31.8 Å². The first-order valence-corrected chi connectivity index (χ1v) is 17.6. The number of carboxylic acids is 1. The minimum atomic E-state index is -3.60. The first-order chi connectivity index (χ1) is 22.8. The summed E-state index contributed by atoms with van der Waals surface area (Å²) >= 11 is 0. The Kier molecular flexibility index (Phi) is 9.08. The van der Waals surface area contributed by atoms with Crippen LogP contribution < -0.4 is 4.74 Å². The summed E-state index contributed by atoms with van der Waals surface area (Å²) < 4.78 is 65.6. The number of hydrogen-bond donors (Lipinski definition) is 2. The summed E-state index contributed by atoms with van der Waals surface area (Å²) in [6, 6.07) is 12.9. The van der Waals surface area contributed by atoms with Crippen molar-refractivity contribution >= 4 is 26.8 Å². The molecule has 4 bridgehead atoms. The summed E-state index contributed by atoms with van der Waals surface area (Å²) in [5, 5.41) is 13.9. The molecule has 252 valence electrons. The van der Waals surface area contributed by atoms with Crippen molar-refractivity contribution in [1.29, 1.82) is 0 Å². The molecule has 1 aliphatic heterocycles. The third-order valence-corrected chi connectivity index (χ3v) is 10.9. The minimum absolute atomic E-state index is 0.0125. The first kappa shape index (κ1) is 33.3. The molecule has 48 heavy (non-hydrogen) atoms. The highest BCUT2D eigenvalue weighted by molar-refractivity contribution is 7.91. The topological polar surface area (TPSA) is 140 Å². The molecule has 3 aromatic carbocycles. The van der Waals surface area contributed by atoms with Crippen LogP contribution in [0.25, 0.3) is 22.4 Å². The molecule has 1 unspecified atom stereocenters. The van der Waals surface area contributed by atoms with Gasteiger partial charge in [-0.2, -0.15) is 5.10 Å². The van der Waals surface area contributed by atoms with Crippen LogP contribution in [0.5, 0.6) is 11.5 Å². The third-order valence-electron chi connectivity index (χ3n) is 8.81. The molecule has 0 fully saturated rings. The molecule has 2 aromatic heterocycles. The summed E-state index contributed by atoms with van der Waals surface area (Å²) in [6.07, 6.45) is 3.51. The average molecular weight is 678 g/mol. The number of nitrogens with one attached hydrogen (secondary N) is 1. The first-order valence-electron chi connectivity index (χ1n) is 15.8. The Morgan fingerprint density at radius 1 is 1.15 bits per heavy atom. The maximum Gasteiger partial charge on any atom is 0.303 e. The van der Waals surface area contributed by atoms with Crippen LogP contribution in [0.2, 0.25) is 0 Å². The van der Waals surface area contributed by atoms with E-state index in [2.05, 4.69) is 9.97 Å². The Morgan fingerprint density at radius 3 is 2.75 bits per heavy atom. The molecular formula is C35H37F2N5O5S. The van der Waals surface area contributed by atoms with E-state index in [1.54, 1.807) is 7.05 Å². The number of aromatic amines is 1. The molecule has 0 radical (unpaired) electrons. The van der Waals surface area contributed by atoms with Crippen molar-refractivity contribution in [3.05, 3.63) is 89.0 Å². The zero-order valence-electron chi connectivity index (χ0n) is 27.0. The van der Waals surface area contributed by atoms with Crippen LogP contribution in [0.4, 0.5) is 8.78 Å². The lowest BCUT2D eigenvalue weighted by Gasteiger charge is -2.25. The SMILES string of the molecule is Cn1nc2nc1-c1cc(ccc1F)Oc1c(F)cc3[nH]cnc3c1CCS(=O)(=O)CC(C)(C)CCCC2c1cccc(CCC(=O)O)c1. The molecule has 0 amide bonds. The maximum absolute atomic E-state index is 15.6. The highest BCUT2D eigenvalue weighted by Gasteiger charge is 2.30. The Balaban J connectivity index is 1.47. The second-order valence-electron chi connectivity index (χ2n) is 13.2. The monoisotopic (exact) mass is 677 g/mol. The average Bonchev–Trinajstić information content (AvgIpc) is 3.64. The number of halogens is 2. The highest BCUT2D eigenvalue weighted by atomic mass is 32.2. The fraction of sp³-hybridized carbons (Fsp3) is 0.371. The molecule has 0 saturated heterocycles. The van der Waals surface area contributed by atoms with Gasteiger partial charge in [-0.3, -0.25) is 4.79 Å². The summed E-state index contributed by atoms with van der Waals surface area (Å²) in [7, 11) is -1.94. The lowest BCUT2D eigenvalue weighted by Crippen LogP contribution is -2.27. The number of aliphatic carboxylic acids is 1. The van der Waals surface area contributed by atoms with Crippen molar-refractivity contribution in [2.45, 2.75) is 58.3 Å². The summed E-state index contributed by atoms with van der Waals surface area (Å²) in [4.78, 5) is 23.2. The normalized spacial score (nSPS) is 18.0. The molecule has 0 spiro atoms. The second-order valence-corrected chi connectivity index (χ2v) is 15.4. The Morgan fingerprint density at radius 2 is 1.96 bits per heavy atom. The number of fused-ring (bicyclic) bond motifs is 8. The number of hydrogen-bond acceptors (Lipinski definition) is 7. The number of benzene rings is 3. The van der Waals surface area contributed by atoms with Crippen molar-refractivity contribution in [2.24, 2.45) is 12.5 Å². The number of ether oxygens (including phenoxy) is 1. The van der Waals surface area contributed by atoms with Crippen molar-refractivity contribution in [1.82, 2.24) is 24.7 Å². The molecule has 0 saturated carbocycles. The molecule has 6 rings (SSSR count). The summed E-state index contributed by atoms with van der Waals surface area (Å²) in [5.41, 5.74) is 2.35. The highest BCUT2D eigenvalue weighted by Crippen LogP contribution is 2.38. The number of rotatable bonds is 4. The number of aryl methyl sites for hydroxylation is 3. The van der Waals surface area contributed by atoms with Gasteiger partial charge in [-0.1, -0.05) is 44.5 Å². The molecule has 2 N–H and O–H groups in total. The van der Waals surface area contributed by atoms with Gasteiger partial charge in [0.15, 0.2) is 33.1 Å². The smallest absolute Gasteiger partial charge is 0.303 e. The Labute approximate surface area is 277 Å². The number of carboxylic acid groups (broad SMARTS) is 1. The number of aromatic nitrogens is 5. The van der Waals surface area contributed by atoms with Crippen LogP contribution in [-0.2, 0) is 34.5 Å². The molecule has 0 aliphatic carbocycles. The van der Waals surface area contributed by atoms with E-state index in [9.17, 15) is 18.3 Å². The number of sulfone groups is 1. The van der Waals surface area contributed by atoms with Gasteiger partial charge in [0.05, 0.1) is 34.4 Å². The van der Waals surface area contributed by atoms with Gasteiger partial charge in [0, 0.05) is 31.0 Å². The van der Waals surface area contributed by atoms with E-state index >= 15 is 8.78 Å². The zero-order valence-corrected chi connectivity index (χ0v) is 27.8. The molecule has 1 aliphatic rings. The van der Waals surface area contributed by atoms with Gasteiger partial charge >= 0.3 is 5.97 Å². The van der Waals surface area contributed by atoms with Crippen LogP contribution in [-0.4, -0.2) is 55.7 Å². The summed E-state index contributed by atoms with van der Waals surface area (Å²) in [5.74, 6) is -2.19. The molecule has 13 heteroatoms. The maximum atomic E-state index is 15.6. The molecule has 5 aromatic rings. The van der Waals surface area contributed by atoms with Gasteiger partial charge in [0.25, 0.3) is 0 Å². The van der Waals surface area contributed by atoms with Crippen LogP contribution in [0, 0.1) is 17.0 Å². The number of H-pyrrole nitrogens is 1. The van der Waals surface area contributed by atoms with E-state index in [1.807, 2.05) is 38.1 Å². The van der Waals surface area contributed by atoms with Crippen LogP contribution in [0.3, 0.4) is 0 Å². The van der Waals surface area contributed by atoms with Crippen molar-refractivity contribution in [2.75, 3.05) is 11.5 Å². The lowest BCUT2D eigenvalue weighted by molar-refractivity contribution is -0.136. The van der Waals surface area contributed by atoms with Gasteiger partial charge < -0.3 is 14.8 Å². The van der Waals surface area contributed by atoms with E-state index in [1.165, 1.54) is 35.3 Å². The fourth-order valence-corrected chi connectivity index (χ4v) is 8.52. The van der Waals surface area contributed by atoms with Crippen LogP contribution >= 0.6 is 0 Å². The molecule has 10 nitrogen and oxygen atoms in total. The summed E-state index contributed by atoms with van der Waals surface area (Å²) in [6.45, 7) is 3.83. The van der Waals surface area contributed by atoms with Gasteiger partial charge in [0.2, 0.25) is 0 Å². The molecular weight excluding hydrogens is 640 g/mol. The zero-order chi connectivity index (χ0) is 34.2. The standard InChI is InChI=1S/C35H37F2N5O5S/c1-35(2)14-5-8-24(22-7-4-6-21(16-22)9-12-30(43)44)33-40-34(42(3)41-33)26-17-23(10-11-27(26)36)47-32-25(13-15-48(45,46)19-35)31-29(18-28(32)37)38-20-39-31/h4,6-7,10-11,16-18,20,24H,5,8-9,12-15,19H2,1-3H3,(H,38,39)(H,43,44). The largest absolute Gasteiger partial charge is 0.481 e. The van der Waals surface area contributed by atoms with Crippen molar-refractivity contribution in [3.63, 3.8) is 0 Å². The number of nitrogens with zero attached hydrogens (tertiary/aromatic N) is 4. The number of imidazole rings is 1. The predicted octanol–water partition coefficient (Wildman–Crippen LogP) is 6.75. The van der Waals surface area contributed by atoms with Crippen LogP contribution in [0.1, 0.15) is 68.0 Å². The molecule has 1 atom stereocenters. The Bertz CT molecular complexity index is 2110. The fourth-order valence-electron chi connectivity index (χ4n) is 6.53.